The molecule has 0 bridgehead atoms. The van der Waals surface area contributed by atoms with E-state index in [-0.39, 0.29) is 18.2 Å². The molecule has 0 spiro atoms. The standard InChI is InChI=1S/C17H25NO3/c1-12(2)17(4,11-16(20)21)18-15(19)9-8-14-7-5-6-13(3)10-14/h5-7,10,12H,8-9,11H2,1-4H3,(H,18,19)(H,20,21). The highest BCUT2D eigenvalue weighted by molar-refractivity contribution is 5.78. The fourth-order valence-corrected chi connectivity index (χ4v) is 2.21. The van der Waals surface area contributed by atoms with Gasteiger partial charge in [-0.25, -0.2) is 0 Å². The fraction of sp³-hybridized carbons (Fsp3) is 0.529. The summed E-state index contributed by atoms with van der Waals surface area (Å²) in [4.78, 5) is 23.1. The second-order valence-electron chi connectivity index (χ2n) is 6.18. The van der Waals surface area contributed by atoms with Gasteiger partial charge in [0.05, 0.1) is 6.42 Å². The summed E-state index contributed by atoms with van der Waals surface area (Å²) in [5.74, 6) is -0.948. The summed E-state index contributed by atoms with van der Waals surface area (Å²) in [5, 5.41) is 11.9. The van der Waals surface area contributed by atoms with Crippen molar-refractivity contribution in [3.05, 3.63) is 35.4 Å². The Morgan fingerprint density at radius 3 is 2.52 bits per heavy atom. The van der Waals surface area contributed by atoms with Crippen LogP contribution in [0.15, 0.2) is 24.3 Å². The van der Waals surface area contributed by atoms with Crippen LogP contribution in [0.2, 0.25) is 0 Å². The van der Waals surface area contributed by atoms with Gasteiger partial charge in [0.1, 0.15) is 0 Å². The Hall–Kier alpha value is -1.84. The SMILES string of the molecule is Cc1cccc(CCC(=O)NC(C)(CC(=O)O)C(C)C)c1. The van der Waals surface area contributed by atoms with Crippen molar-refractivity contribution in [1.29, 1.82) is 0 Å². The number of carboxylic acids is 1. The molecule has 1 amide bonds. The first-order valence-corrected chi connectivity index (χ1v) is 7.31. The van der Waals surface area contributed by atoms with Gasteiger partial charge in [-0.15, -0.1) is 0 Å². The van der Waals surface area contributed by atoms with Crippen LogP contribution in [0, 0.1) is 12.8 Å². The van der Waals surface area contributed by atoms with E-state index in [2.05, 4.69) is 11.4 Å². The number of rotatable bonds is 7. The second kappa shape index (κ2) is 7.25. The number of hydrogen-bond donors (Lipinski definition) is 2. The molecule has 116 valence electrons. The number of benzene rings is 1. The van der Waals surface area contributed by atoms with Crippen LogP contribution in [0.5, 0.6) is 0 Å². The summed E-state index contributed by atoms with van der Waals surface area (Å²) in [5.41, 5.74) is 1.58. The van der Waals surface area contributed by atoms with Gasteiger partial charge in [0, 0.05) is 12.0 Å². The molecule has 0 aliphatic heterocycles. The maximum atomic E-state index is 12.1. The van der Waals surface area contributed by atoms with Gasteiger partial charge in [-0.1, -0.05) is 43.7 Å². The molecule has 1 unspecified atom stereocenters. The van der Waals surface area contributed by atoms with Crippen LogP contribution in [-0.2, 0) is 16.0 Å². The van der Waals surface area contributed by atoms with Crippen LogP contribution in [0.1, 0.15) is 44.7 Å². The lowest BCUT2D eigenvalue weighted by atomic mass is 9.85. The first kappa shape index (κ1) is 17.2. The van der Waals surface area contributed by atoms with Gasteiger partial charge in [-0.2, -0.15) is 0 Å². The molecule has 0 radical (unpaired) electrons. The molecule has 0 aromatic heterocycles. The highest BCUT2D eigenvalue weighted by atomic mass is 16.4. The van der Waals surface area contributed by atoms with E-state index in [1.54, 1.807) is 6.92 Å². The molecule has 2 N–H and O–H groups in total. The summed E-state index contributed by atoms with van der Waals surface area (Å²) in [6.07, 6.45) is 0.959. The Morgan fingerprint density at radius 2 is 2.00 bits per heavy atom. The van der Waals surface area contributed by atoms with E-state index in [0.29, 0.717) is 12.8 Å². The third kappa shape index (κ3) is 5.58. The number of hydrogen-bond acceptors (Lipinski definition) is 2. The summed E-state index contributed by atoms with van der Waals surface area (Å²) in [7, 11) is 0. The maximum Gasteiger partial charge on any atom is 0.305 e. The highest BCUT2D eigenvalue weighted by Crippen LogP contribution is 2.21. The number of aryl methyl sites for hydroxylation is 2. The number of carbonyl (C=O) groups excluding carboxylic acids is 1. The van der Waals surface area contributed by atoms with Crippen molar-refractivity contribution in [2.45, 2.75) is 52.5 Å². The lowest BCUT2D eigenvalue weighted by Gasteiger charge is -2.33. The smallest absolute Gasteiger partial charge is 0.305 e. The molecule has 0 heterocycles. The van der Waals surface area contributed by atoms with E-state index in [4.69, 9.17) is 5.11 Å². The van der Waals surface area contributed by atoms with Crippen molar-refractivity contribution in [1.82, 2.24) is 5.32 Å². The Morgan fingerprint density at radius 1 is 1.33 bits per heavy atom. The van der Waals surface area contributed by atoms with Gasteiger partial charge in [-0.05, 0) is 31.7 Å². The first-order chi connectivity index (χ1) is 9.73. The van der Waals surface area contributed by atoms with Crippen molar-refractivity contribution in [3.63, 3.8) is 0 Å². The van der Waals surface area contributed by atoms with Gasteiger partial charge >= 0.3 is 5.97 Å². The summed E-state index contributed by atoms with van der Waals surface area (Å²) in [6.45, 7) is 7.65. The van der Waals surface area contributed by atoms with E-state index < -0.39 is 11.5 Å². The zero-order valence-corrected chi connectivity index (χ0v) is 13.3. The Labute approximate surface area is 126 Å². The highest BCUT2D eigenvalue weighted by Gasteiger charge is 2.32. The van der Waals surface area contributed by atoms with Crippen molar-refractivity contribution < 1.29 is 14.7 Å². The lowest BCUT2D eigenvalue weighted by Crippen LogP contribution is -2.51. The van der Waals surface area contributed by atoms with Crippen molar-refractivity contribution in [2.24, 2.45) is 5.92 Å². The number of aliphatic carboxylic acids is 1. The van der Waals surface area contributed by atoms with E-state index in [9.17, 15) is 9.59 Å². The molecule has 1 atom stereocenters. The van der Waals surface area contributed by atoms with Crippen molar-refractivity contribution >= 4 is 11.9 Å². The molecule has 1 aromatic carbocycles. The Balaban J connectivity index is 2.60. The van der Waals surface area contributed by atoms with Gasteiger partial charge in [-0.3, -0.25) is 9.59 Å². The van der Waals surface area contributed by atoms with Gasteiger partial charge in [0.2, 0.25) is 5.91 Å². The average Bonchev–Trinajstić information content (AvgIpc) is 2.35. The number of nitrogens with one attached hydrogen (secondary N) is 1. The van der Waals surface area contributed by atoms with Crippen LogP contribution in [0.3, 0.4) is 0 Å². The van der Waals surface area contributed by atoms with Crippen molar-refractivity contribution in [3.8, 4) is 0 Å². The molecule has 1 rings (SSSR count). The van der Waals surface area contributed by atoms with Crippen LogP contribution in [0.4, 0.5) is 0 Å². The minimum Gasteiger partial charge on any atom is -0.481 e. The number of carboxylic acid groups (broad SMARTS) is 1. The van der Waals surface area contributed by atoms with Crippen LogP contribution < -0.4 is 5.32 Å². The van der Waals surface area contributed by atoms with Crippen LogP contribution >= 0.6 is 0 Å². The summed E-state index contributed by atoms with van der Waals surface area (Å²) < 4.78 is 0. The van der Waals surface area contributed by atoms with Gasteiger partial charge < -0.3 is 10.4 Å². The summed E-state index contributed by atoms with van der Waals surface area (Å²) >= 11 is 0. The molecule has 21 heavy (non-hydrogen) atoms. The second-order valence-corrected chi connectivity index (χ2v) is 6.18. The zero-order valence-electron chi connectivity index (χ0n) is 13.3. The zero-order chi connectivity index (χ0) is 16.0. The third-order valence-electron chi connectivity index (χ3n) is 3.94. The van der Waals surface area contributed by atoms with Crippen LogP contribution in [-0.4, -0.2) is 22.5 Å². The van der Waals surface area contributed by atoms with Gasteiger partial charge in [0.25, 0.3) is 0 Å². The predicted octanol–water partition coefficient (Wildman–Crippen LogP) is 2.93. The monoisotopic (exact) mass is 291 g/mol. The first-order valence-electron chi connectivity index (χ1n) is 7.31. The maximum absolute atomic E-state index is 12.1. The Kier molecular flexibility index (Phi) is 5.94. The lowest BCUT2D eigenvalue weighted by molar-refractivity contribution is -0.139. The van der Waals surface area contributed by atoms with E-state index in [0.717, 1.165) is 5.56 Å². The predicted molar refractivity (Wildman–Crippen MR) is 83.1 cm³/mol. The molecule has 0 aliphatic carbocycles. The van der Waals surface area contributed by atoms with Crippen molar-refractivity contribution in [2.75, 3.05) is 0 Å². The largest absolute Gasteiger partial charge is 0.481 e. The third-order valence-corrected chi connectivity index (χ3v) is 3.94. The molecule has 1 aromatic rings. The van der Waals surface area contributed by atoms with E-state index in [1.807, 2.05) is 39.0 Å². The molecule has 0 aliphatic rings. The molecule has 0 fully saturated rings. The molecule has 4 nitrogen and oxygen atoms in total. The fourth-order valence-electron chi connectivity index (χ4n) is 2.21. The molecule has 4 heteroatoms. The normalized spacial score (nSPS) is 13.8. The topological polar surface area (TPSA) is 66.4 Å². The summed E-state index contributed by atoms with van der Waals surface area (Å²) in [6, 6.07) is 8.06. The van der Waals surface area contributed by atoms with E-state index >= 15 is 0 Å². The minimum absolute atomic E-state index is 0.0523. The van der Waals surface area contributed by atoms with Crippen LogP contribution in [0.25, 0.3) is 0 Å². The molecule has 0 saturated heterocycles. The molecule has 0 saturated carbocycles. The minimum atomic E-state index is -0.898. The average molecular weight is 291 g/mol. The quantitative estimate of drug-likeness (QED) is 0.811. The molecular weight excluding hydrogens is 266 g/mol. The Bertz CT molecular complexity index is 511. The van der Waals surface area contributed by atoms with Gasteiger partial charge in [0.15, 0.2) is 0 Å². The van der Waals surface area contributed by atoms with E-state index in [1.165, 1.54) is 5.56 Å². The molecular formula is C17H25NO3. The number of carbonyl (C=O) groups is 2. The number of amides is 1.